The van der Waals surface area contributed by atoms with Crippen LogP contribution in [-0.2, 0) is 18.3 Å². The van der Waals surface area contributed by atoms with Gasteiger partial charge in [-0.2, -0.15) is 5.10 Å². The second kappa shape index (κ2) is 5.61. The maximum absolute atomic E-state index is 11.9. The van der Waals surface area contributed by atoms with Crippen molar-refractivity contribution in [1.29, 1.82) is 0 Å². The average molecular weight is 237 g/mol. The molecule has 1 N–H and O–H groups in total. The van der Waals surface area contributed by atoms with E-state index in [1.54, 1.807) is 27.0 Å². The van der Waals surface area contributed by atoms with Crippen LogP contribution in [0.4, 0.5) is 0 Å². The van der Waals surface area contributed by atoms with Crippen molar-refractivity contribution in [2.45, 2.75) is 39.7 Å². The normalized spacial score (nSPS) is 12.2. The summed E-state index contributed by atoms with van der Waals surface area (Å²) in [5.41, 5.74) is 1.35. The van der Waals surface area contributed by atoms with Gasteiger partial charge in [0.1, 0.15) is 5.69 Å². The van der Waals surface area contributed by atoms with E-state index in [-0.39, 0.29) is 11.7 Å². The molecule has 0 aliphatic heterocycles. The molecule has 1 rings (SSSR count). The number of aromatic nitrogens is 2. The third-order valence-corrected chi connectivity index (χ3v) is 2.70. The third-order valence-electron chi connectivity index (χ3n) is 2.70. The lowest BCUT2D eigenvalue weighted by Crippen LogP contribution is -2.38. The van der Waals surface area contributed by atoms with Gasteiger partial charge in [-0.3, -0.25) is 14.3 Å². The van der Waals surface area contributed by atoms with Crippen LogP contribution in [0, 0.1) is 0 Å². The van der Waals surface area contributed by atoms with Gasteiger partial charge in [0.2, 0.25) is 0 Å². The topological polar surface area (TPSA) is 64.0 Å². The summed E-state index contributed by atoms with van der Waals surface area (Å²) in [5.74, 6) is -0.231. The highest BCUT2D eigenvalue weighted by Gasteiger charge is 2.17. The Morgan fingerprint density at radius 2 is 2.12 bits per heavy atom. The molecule has 1 aromatic heterocycles. The standard InChI is InChI=1S/C12H19N3O2/c1-5-9-7-10(15(4)14-9)12(17)13-8(3)11(16)6-2/h7-8H,5-6H2,1-4H3,(H,13,17). The van der Waals surface area contributed by atoms with E-state index in [1.165, 1.54) is 4.68 Å². The van der Waals surface area contributed by atoms with E-state index in [2.05, 4.69) is 10.4 Å². The Bertz CT molecular complexity index is 423. The summed E-state index contributed by atoms with van der Waals surface area (Å²) in [6.45, 7) is 5.46. The van der Waals surface area contributed by atoms with E-state index in [9.17, 15) is 9.59 Å². The van der Waals surface area contributed by atoms with Gasteiger partial charge in [-0.1, -0.05) is 13.8 Å². The van der Waals surface area contributed by atoms with Crippen molar-refractivity contribution in [2.75, 3.05) is 0 Å². The van der Waals surface area contributed by atoms with E-state index in [4.69, 9.17) is 0 Å². The molecule has 0 aliphatic carbocycles. The minimum absolute atomic E-state index is 0.0243. The molecule has 1 unspecified atom stereocenters. The predicted molar refractivity (Wildman–Crippen MR) is 64.8 cm³/mol. The molecule has 5 heteroatoms. The number of carbonyl (C=O) groups excluding carboxylic acids is 2. The number of hydrogen-bond donors (Lipinski definition) is 1. The van der Waals surface area contributed by atoms with Crippen molar-refractivity contribution in [2.24, 2.45) is 7.05 Å². The lowest BCUT2D eigenvalue weighted by atomic mass is 10.1. The Kier molecular flexibility index (Phi) is 4.43. The zero-order chi connectivity index (χ0) is 13.0. The van der Waals surface area contributed by atoms with Gasteiger partial charge >= 0.3 is 0 Å². The first-order chi connectivity index (χ1) is 7.99. The van der Waals surface area contributed by atoms with Crippen LogP contribution in [0.3, 0.4) is 0 Å². The highest BCUT2D eigenvalue weighted by atomic mass is 16.2. The Morgan fingerprint density at radius 1 is 1.47 bits per heavy atom. The Labute approximate surface area is 101 Å². The van der Waals surface area contributed by atoms with Gasteiger partial charge in [-0.15, -0.1) is 0 Å². The molecule has 94 valence electrons. The largest absolute Gasteiger partial charge is 0.341 e. The number of nitrogens with one attached hydrogen (secondary N) is 1. The lowest BCUT2D eigenvalue weighted by molar-refractivity contribution is -0.120. The Morgan fingerprint density at radius 3 is 2.59 bits per heavy atom. The zero-order valence-electron chi connectivity index (χ0n) is 10.8. The average Bonchev–Trinajstić information content (AvgIpc) is 2.69. The van der Waals surface area contributed by atoms with E-state index >= 15 is 0 Å². The molecule has 1 atom stereocenters. The van der Waals surface area contributed by atoms with Crippen molar-refractivity contribution < 1.29 is 9.59 Å². The highest BCUT2D eigenvalue weighted by Crippen LogP contribution is 2.04. The lowest BCUT2D eigenvalue weighted by Gasteiger charge is -2.11. The molecule has 0 bridgehead atoms. The van der Waals surface area contributed by atoms with Gasteiger partial charge in [0.25, 0.3) is 5.91 Å². The van der Waals surface area contributed by atoms with Gasteiger partial charge < -0.3 is 5.32 Å². The van der Waals surface area contributed by atoms with Gasteiger partial charge in [-0.25, -0.2) is 0 Å². The minimum Gasteiger partial charge on any atom is -0.341 e. The van der Waals surface area contributed by atoms with E-state index < -0.39 is 6.04 Å². The molecule has 0 radical (unpaired) electrons. The van der Waals surface area contributed by atoms with Crippen LogP contribution in [0.2, 0.25) is 0 Å². The number of amides is 1. The smallest absolute Gasteiger partial charge is 0.270 e. The van der Waals surface area contributed by atoms with E-state index in [1.807, 2.05) is 6.92 Å². The molecule has 1 heterocycles. The number of ketones is 1. The van der Waals surface area contributed by atoms with Gasteiger partial charge in [-0.05, 0) is 19.4 Å². The summed E-state index contributed by atoms with van der Waals surface area (Å²) in [7, 11) is 1.72. The van der Waals surface area contributed by atoms with Crippen LogP contribution < -0.4 is 5.32 Å². The van der Waals surface area contributed by atoms with E-state index in [0.29, 0.717) is 12.1 Å². The highest BCUT2D eigenvalue weighted by molar-refractivity contribution is 5.96. The van der Waals surface area contributed by atoms with Crippen LogP contribution in [-0.4, -0.2) is 27.5 Å². The second-order valence-electron chi connectivity index (χ2n) is 4.01. The summed E-state index contributed by atoms with van der Waals surface area (Å²) < 4.78 is 1.54. The first-order valence-corrected chi connectivity index (χ1v) is 5.86. The molecule has 0 fully saturated rings. The van der Waals surface area contributed by atoms with Crippen molar-refractivity contribution in [3.8, 4) is 0 Å². The molecule has 0 spiro atoms. The summed E-state index contributed by atoms with van der Waals surface area (Å²) in [5, 5.41) is 6.87. The number of aryl methyl sites for hydroxylation is 2. The minimum atomic E-state index is -0.451. The molecule has 17 heavy (non-hydrogen) atoms. The number of carbonyl (C=O) groups is 2. The molecule has 1 aromatic rings. The van der Waals surface area contributed by atoms with Gasteiger partial charge in [0.15, 0.2) is 5.78 Å². The fourth-order valence-electron chi connectivity index (χ4n) is 1.57. The molecular formula is C12H19N3O2. The number of hydrogen-bond acceptors (Lipinski definition) is 3. The zero-order valence-corrected chi connectivity index (χ0v) is 10.8. The van der Waals surface area contributed by atoms with E-state index in [0.717, 1.165) is 12.1 Å². The molecule has 5 nitrogen and oxygen atoms in total. The molecule has 0 saturated heterocycles. The first-order valence-electron chi connectivity index (χ1n) is 5.86. The van der Waals surface area contributed by atoms with Crippen LogP contribution in [0.5, 0.6) is 0 Å². The first kappa shape index (κ1) is 13.4. The van der Waals surface area contributed by atoms with Crippen molar-refractivity contribution in [3.63, 3.8) is 0 Å². The van der Waals surface area contributed by atoms with Crippen molar-refractivity contribution >= 4 is 11.7 Å². The van der Waals surface area contributed by atoms with Crippen LogP contribution in [0.15, 0.2) is 6.07 Å². The van der Waals surface area contributed by atoms with Crippen molar-refractivity contribution in [1.82, 2.24) is 15.1 Å². The molecular weight excluding hydrogens is 218 g/mol. The summed E-state index contributed by atoms with van der Waals surface area (Å²) in [6.07, 6.45) is 1.21. The number of Topliss-reactive ketones (excluding diaryl/α,β-unsaturated/α-hetero) is 1. The maximum Gasteiger partial charge on any atom is 0.270 e. The fraction of sp³-hybridized carbons (Fsp3) is 0.583. The molecule has 1 amide bonds. The van der Waals surface area contributed by atoms with Crippen LogP contribution in [0.25, 0.3) is 0 Å². The van der Waals surface area contributed by atoms with Crippen molar-refractivity contribution in [3.05, 3.63) is 17.5 Å². The number of rotatable bonds is 5. The molecule has 0 aliphatic rings. The number of nitrogens with zero attached hydrogens (tertiary/aromatic N) is 2. The quantitative estimate of drug-likeness (QED) is 0.833. The Balaban J connectivity index is 2.76. The van der Waals surface area contributed by atoms with Crippen LogP contribution >= 0.6 is 0 Å². The molecule has 0 aromatic carbocycles. The maximum atomic E-state index is 11.9. The second-order valence-corrected chi connectivity index (χ2v) is 4.01. The fourth-order valence-corrected chi connectivity index (χ4v) is 1.57. The SMILES string of the molecule is CCC(=O)C(C)NC(=O)c1cc(CC)nn1C. The van der Waals surface area contributed by atoms with Crippen LogP contribution in [0.1, 0.15) is 43.4 Å². The summed E-state index contributed by atoms with van der Waals surface area (Å²) >= 11 is 0. The monoisotopic (exact) mass is 237 g/mol. The predicted octanol–water partition coefficient (Wildman–Crippen LogP) is 1.08. The summed E-state index contributed by atoms with van der Waals surface area (Å²) in [4.78, 5) is 23.3. The molecule has 0 saturated carbocycles. The third kappa shape index (κ3) is 3.15. The van der Waals surface area contributed by atoms with Gasteiger partial charge in [0, 0.05) is 13.5 Å². The Hall–Kier alpha value is -1.65. The van der Waals surface area contributed by atoms with Gasteiger partial charge in [0.05, 0.1) is 11.7 Å². The summed E-state index contributed by atoms with van der Waals surface area (Å²) in [6, 6.07) is 1.30.